The molecule has 0 unspecified atom stereocenters. The highest BCUT2D eigenvalue weighted by Gasteiger charge is 2.00. The van der Waals surface area contributed by atoms with Crippen LogP contribution in [-0.2, 0) is 4.79 Å². The van der Waals surface area contributed by atoms with Crippen molar-refractivity contribution >= 4 is 23.7 Å². The third kappa shape index (κ3) is 10.1. The van der Waals surface area contributed by atoms with Gasteiger partial charge in [0, 0.05) is 17.9 Å². The summed E-state index contributed by atoms with van der Waals surface area (Å²) >= 11 is 5.63. The van der Waals surface area contributed by atoms with Crippen LogP contribution in [0.2, 0.25) is 0 Å². The third-order valence-electron chi connectivity index (χ3n) is 3.02. The topological polar surface area (TPSA) is 61.7 Å². The molecule has 26 heavy (non-hydrogen) atoms. The Labute approximate surface area is 160 Å². The molecule has 0 aromatic rings. The van der Waals surface area contributed by atoms with Crippen molar-refractivity contribution in [3.05, 3.63) is 96.9 Å². The van der Waals surface area contributed by atoms with Gasteiger partial charge < -0.3 is 5.11 Å². The minimum absolute atomic E-state index is 0.0381. The summed E-state index contributed by atoms with van der Waals surface area (Å²) in [5.74, 6) is -0.127. The molecular weight excluding hydrogens is 348 g/mol. The van der Waals surface area contributed by atoms with E-state index in [1.54, 1.807) is 24.3 Å². The highest BCUT2D eigenvalue weighted by molar-refractivity contribution is 6.19. The lowest BCUT2D eigenvalue weighted by atomic mass is 10.1. The van der Waals surface area contributed by atoms with E-state index in [0.29, 0.717) is 5.57 Å². The molecular formula is C21H25ClN2O2. The monoisotopic (exact) mass is 372 g/mol. The van der Waals surface area contributed by atoms with Crippen LogP contribution >= 0.6 is 11.6 Å². The van der Waals surface area contributed by atoms with Gasteiger partial charge in [0.25, 0.3) is 0 Å². The van der Waals surface area contributed by atoms with Crippen LogP contribution < -0.4 is 5.43 Å². The van der Waals surface area contributed by atoms with Crippen molar-refractivity contribution in [1.29, 1.82) is 0 Å². The Morgan fingerprint density at radius 1 is 1.23 bits per heavy atom. The molecule has 0 heterocycles. The van der Waals surface area contributed by atoms with Crippen LogP contribution in [0.1, 0.15) is 13.3 Å². The van der Waals surface area contributed by atoms with Crippen LogP contribution in [0.15, 0.2) is 102 Å². The van der Waals surface area contributed by atoms with Crippen molar-refractivity contribution in [2.45, 2.75) is 13.3 Å². The van der Waals surface area contributed by atoms with Crippen LogP contribution in [0.5, 0.6) is 0 Å². The molecule has 0 fully saturated rings. The van der Waals surface area contributed by atoms with Crippen LogP contribution in [-0.4, -0.2) is 23.1 Å². The molecule has 2 N–H and O–H groups in total. The molecule has 4 nitrogen and oxygen atoms in total. The Morgan fingerprint density at radius 2 is 1.96 bits per heavy atom. The van der Waals surface area contributed by atoms with Crippen LogP contribution in [0.25, 0.3) is 0 Å². The fraction of sp³-hybridized carbons (Fsp3) is 0.143. The van der Waals surface area contributed by atoms with Gasteiger partial charge in [0.1, 0.15) is 5.76 Å². The van der Waals surface area contributed by atoms with Gasteiger partial charge in [-0.05, 0) is 24.1 Å². The number of aliphatic hydroxyl groups is 1. The summed E-state index contributed by atoms with van der Waals surface area (Å²) in [6, 6.07) is 0. The van der Waals surface area contributed by atoms with E-state index < -0.39 is 0 Å². The standard InChI is InChI=1S/C21H25ClN2O2/c1-5-8-12-18(7-3)17(4)11-9-13-21(26)24-23-16-19(14-15-22)20(25)10-6-2/h5-12,14,16,25H,1-3,13,15H2,4H3,(H,24,26)/b11-9-,12-8-,18-17+,19-14-,20-10+,23-16+. The summed E-state index contributed by atoms with van der Waals surface area (Å²) in [5, 5.41) is 13.6. The van der Waals surface area contributed by atoms with Gasteiger partial charge in [-0.3, -0.25) is 4.79 Å². The number of aliphatic hydroxyl groups excluding tert-OH is 1. The number of carbonyl (C=O) groups is 1. The molecule has 0 aliphatic rings. The van der Waals surface area contributed by atoms with Crippen LogP contribution in [0, 0.1) is 0 Å². The summed E-state index contributed by atoms with van der Waals surface area (Å²) in [6.07, 6.45) is 16.6. The summed E-state index contributed by atoms with van der Waals surface area (Å²) in [4.78, 5) is 11.8. The van der Waals surface area contributed by atoms with Crippen molar-refractivity contribution in [2.75, 3.05) is 5.88 Å². The first-order valence-electron chi connectivity index (χ1n) is 7.89. The second-order valence-corrected chi connectivity index (χ2v) is 5.25. The summed E-state index contributed by atoms with van der Waals surface area (Å²) in [7, 11) is 0. The number of alkyl halides is 1. The molecule has 0 spiro atoms. The van der Waals surface area contributed by atoms with Crippen molar-refractivity contribution in [2.24, 2.45) is 5.10 Å². The summed E-state index contributed by atoms with van der Waals surface area (Å²) in [6.45, 7) is 12.8. The second kappa shape index (κ2) is 14.5. The highest BCUT2D eigenvalue weighted by atomic mass is 35.5. The fourth-order valence-corrected chi connectivity index (χ4v) is 1.87. The smallest absolute Gasteiger partial charge is 0.243 e. The van der Waals surface area contributed by atoms with Gasteiger partial charge in [-0.25, -0.2) is 5.43 Å². The van der Waals surface area contributed by atoms with E-state index in [1.165, 1.54) is 18.4 Å². The average molecular weight is 373 g/mol. The van der Waals surface area contributed by atoms with E-state index in [2.05, 4.69) is 30.3 Å². The molecule has 0 atom stereocenters. The largest absolute Gasteiger partial charge is 0.507 e. The zero-order chi connectivity index (χ0) is 19.8. The Bertz CT molecular complexity index is 693. The SMILES string of the molecule is C=C\C=C/C(C=C)=C(C)/C=C\CC(=O)N/N=C/C(=C/CCl)C(/O)=C\C=C. The molecule has 0 rings (SSSR count). The van der Waals surface area contributed by atoms with E-state index in [1.807, 2.05) is 25.2 Å². The Kier molecular flexibility index (Phi) is 12.9. The third-order valence-corrected chi connectivity index (χ3v) is 3.17. The minimum atomic E-state index is -0.287. The number of nitrogens with zero attached hydrogens (tertiary/aromatic N) is 1. The van der Waals surface area contributed by atoms with E-state index in [9.17, 15) is 9.90 Å². The minimum Gasteiger partial charge on any atom is -0.507 e. The van der Waals surface area contributed by atoms with Crippen molar-refractivity contribution < 1.29 is 9.90 Å². The lowest BCUT2D eigenvalue weighted by Crippen LogP contribution is -2.16. The quantitative estimate of drug-likeness (QED) is 0.175. The van der Waals surface area contributed by atoms with E-state index in [4.69, 9.17) is 11.6 Å². The number of hydrogen-bond donors (Lipinski definition) is 2. The number of rotatable bonds is 11. The molecule has 0 radical (unpaired) electrons. The van der Waals surface area contributed by atoms with Crippen molar-refractivity contribution in [3.8, 4) is 0 Å². The number of nitrogens with one attached hydrogen (secondary N) is 1. The van der Waals surface area contributed by atoms with Gasteiger partial charge in [0.05, 0.1) is 6.21 Å². The van der Waals surface area contributed by atoms with Gasteiger partial charge in [0.15, 0.2) is 0 Å². The predicted molar refractivity (Wildman–Crippen MR) is 112 cm³/mol. The highest BCUT2D eigenvalue weighted by Crippen LogP contribution is 2.09. The molecule has 138 valence electrons. The molecule has 0 bridgehead atoms. The maximum absolute atomic E-state index is 11.8. The number of halogens is 1. The first kappa shape index (κ1) is 23.2. The molecule has 0 saturated carbocycles. The van der Waals surface area contributed by atoms with Gasteiger partial charge >= 0.3 is 0 Å². The number of hydrogen-bond acceptors (Lipinski definition) is 3. The Morgan fingerprint density at radius 3 is 2.54 bits per heavy atom. The van der Waals surface area contributed by atoms with Crippen molar-refractivity contribution in [3.63, 3.8) is 0 Å². The lowest BCUT2D eigenvalue weighted by Gasteiger charge is -2.01. The van der Waals surface area contributed by atoms with Gasteiger partial charge in [0.2, 0.25) is 5.91 Å². The molecule has 0 aromatic carbocycles. The molecule has 5 heteroatoms. The normalized spacial score (nSPS) is 13.9. The molecule has 0 saturated heterocycles. The van der Waals surface area contributed by atoms with Crippen LogP contribution in [0.4, 0.5) is 0 Å². The number of carbonyl (C=O) groups excluding carboxylic acids is 1. The number of allylic oxidation sites excluding steroid dienone is 11. The molecule has 0 aliphatic heterocycles. The Balaban J connectivity index is 4.78. The lowest BCUT2D eigenvalue weighted by molar-refractivity contribution is -0.120. The number of hydrazone groups is 1. The number of amides is 1. The first-order chi connectivity index (χ1) is 12.5. The fourth-order valence-electron chi connectivity index (χ4n) is 1.70. The van der Waals surface area contributed by atoms with Crippen LogP contribution in [0.3, 0.4) is 0 Å². The second-order valence-electron chi connectivity index (χ2n) is 4.94. The van der Waals surface area contributed by atoms with Gasteiger partial charge in [-0.15, -0.1) is 11.6 Å². The zero-order valence-electron chi connectivity index (χ0n) is 15.0. The molecule has 0 aromatic heterocycles. The maximum atomic E-state index is 11.8. The van der Waals surface area contributed by atoms with Crippen molar-refractivity contribution in [1.82, 2.24) is 5.43 Å². The first-order valence-corrected chi connectivity index (χ1v) is 8.42. The van der Waals surface area contributed by atoms with Gasteiger partial charge in [-0.1, -0.05) is 68.3 Å². The summed E-state index contributed by atoms with van der Waals surface area (Å²) in [5.41, 5.74) is 4.69. The van der Waals surface area contributed by atoms with Gasteiger partial charge in [-0.2, -0.15) is 5.10 Å². The maximum Gasteiger partial charge on any atom is 0.243 e. The molecule has 0 aliphatic carbocycles. The summed E-state index contributed by atoms with van der Waals surface area (Å²) < 4.78 is 0. The zero-order valence-corrected chi connectivity index (χ0v) is 15.7. The average Bonchev–Trinajstić information content (AvgIpc) is 2.61. The molecule has 1 amide bonds. The van der Waals surface area contributed by atoms with E-state index in [-0.39, 0.29) is 24.0 Å². The predicted octanol–water partition coefficient (Wildman–Crippen LogP) is 5.07. The van der Waals surface area contributed by atoms with E-state index >= 15 is 0 Å². The Hall–Kier alpha value is -2.85. The van der Waals surface area contributed by atoms with E-state index in [0.717, 1.165) is 11.1 Å².